The van der Waals surface area contributed by atoms with Gasteiger partial charge in [-0.2, -0.15) is 5.10 Å². The topological polar surface area (TPSA) is 82.1 Å². The standard InChI is InChI=1S/C19H26N4O2/c24-17(11-19(25)8-2-1-3-9-19)23-10-4-5-15(13-23)16-7-6-14-12-20-22-18(14)21-16/h6-7,12,15,25H,1-5,8-11,13H2,(H,20,21,22)/t15-/m0/s1. The van der Waals surface area contributed by atoms with E-state index >= 15 is 0 Å². The third kappa shape index (κ3) is 3.54. The number of likely N-dealkylation sites (tertiary alicyclic amines) is 1. The smallest absolute Gasteiger partial charge is 0.225 e. The molecule has 2 aromatic rings. The zero-order valence-electron chi connectivity index (χ0n) is 14.6. The summed E-state index contributed by atoms with van der Waals surface area (Å²) in [4.78, 5) is 19.4. The Labute approximate surface area is 147 Å². The first-order valence-electron chi connectivity index (χ1n) is 9.43. The second-order valence-corrected chi connectivity index (χ2v) is 7.68. The van der Waals surface area contributed by atoms with Crippen molar-refractivity contribution in [2.75, 3.05) is 13.1 Å². The number of aliphatic hydroxyl groups is 1. The number of aromatic amines is 1. The maximum absolute atomic E-state index is 12.7. The van der Waals surface area contributed by atoms with Gasteiger partial charge >= 0.3 is 0 Å². The van der Waals surface area contributed by atoms with Gasteiger partial charge in [-0.05, 0) is 37.8 Å². The van der Waals surface area contributed by atoms with Gasteiger partial charge in [0.2, 0.25) is 5.91 Å². The Morgan fingerprint density at radius 1 is 1.28 bits per heavy atom. The molecule has 1 amide bonds. The van der Waals surface area contributed by atoms with E-state index in [4.69, 9.17) is 0 Å². The van der Waals surface area contributed by atoms with Crippen molar-refractivity contribution in [3.8, 4) is 0 Å². The minimum absolute atomic E-state index is 0.0942. The van der Waals surface area contributed by atoms with E-state index in [-0.39, 0.29) is 18.2 Å². The molecule has 2 aliphatic rings. The highest BCUT2D eigenvalue weighted by Gasteiger charge is 2.35. The average molecular weight is 342 g/mol. The number of aromatic nitrogens is 3. The Kier molecular flexibility index (Phi) is 4.46. The lowest BCUT2D eigenvalue weighted by atomic mass is 9.82. The summed E-state index contributed by atoms with van der Waals surface area (Å²) in [5, 5.41) is 18.6. The van der Waals surface area contributed by atoms with E-state index in [9.17, 15) is 9.90 Å². The third-order valence-corrected chi connectivity index (χ3v) is 5.78. The van der Waals surface area contributed by atoms with Gasteiger partial charge in [-0.3, -0.25) is 9.89 Å². The summed E-state index contributed by atoms with van der Waals surface area (Å²) in [5.74, 6) is 0.350. The van der Waals surface area contributed by atoms with E-state index in [0.29, 0.717) is 6.54 Å². The molecule has 1 atom stereocenters. The van der Waals surface area contributed by atoms with E-state index < -0.39 is 5.60 Å². The van der Waals surface area contributed by atoms with Crippen LogP contribution in [-0.2, 0) is 4.79 Å². The number of amides is 1. The van der Waals surface area contributed by atoms with Crippen LogP contribution in [0.25, 0.3) is 11.0 Å². The van der Waals surface area contributed by atoms with Crippen molar-refractivity contribution in [3.63, 3.8) is 0 Å². The van der Waals surface area contributed by atoms with Gasteiger partial charge in [0.25, 0.3) is 0 Å². The van der Waals surface area contributed by atoms with Crippen molar-refractivity contribution in [3.05, 3.63) is 24.0 Å². The Balaban J connectivity index is 1.44. The predicted molar refractivity (Wildman–Crippen MR) is 95.1 cm³/mol. The number of nitrogens with zero attached hydrogens (tertiary/aromatic N) is 3. The second kappa shape index (κ2) is 6.75. The van der Waals surface area contributed by atoms with Gasteiger partial charge in [0.05, 0.1) is 18.2 Å². The number of fused-ring (bicyclic) bond motifs is 1. The van der Waals surface area contributed by atoms with Crippen molar-refractivity contribution < 1.29 is 9.90 Å². The highest BCUT2D eigenvalue weighted by atomic mass is 16.3. The molecule has 4 rings (SSSR count). The zero-order valence-corrected chi connectivity index (χ0v) is 14.6. The van der Waals surface area contributed by atoms with Gasteiger partial charge in [0, 0.05) is 30.1 Å². The summed E-state index contributed by atoms with van der Waals surface area (Å²) >= 11 is 0. The van der Waals surface area contributed by atoms with Crippen LogP contribution in [0.1, 0.15) is 63.0 Å². The zero-order chi connectivity index (χ0) is 17.3. The van der Waals surface area contributed by atoms with Crippen LogP contribution in [0.3, 0.4) is 0 Å². The maximum atomic E-state index is 12.7. The number of nitrogens with one attached hydrogen (secondary N) is 1. The monoisotopic (exact) mass is 342 g/mol. The molecule has 3 heterocycles. The Bertz CT molecular complexity index is 751. The van der Waals surface area contributed by atoms with Crippen LogP contribution in [0, 0.1) is 0 Å². The molecule has 0 bridgehead atoms. The molecule has 0 radical (unpaired) electrons. The number of carbonyl (C=O) groups excluding carboxylic acids is 1. The largest absolute Gasteiger partial charge is 0.389 e. The van der Waals surface area contributed by atoms with Gasteiger partial charge < -0.3 is 10.0 Å². The summed E-state index contributed by atoms with van der Waals surface area (Å²) in [6.07, 6.45) is 8.81. The number of H-pyrrole nitrogens is 1. The number of hydrogen-bond acceptors (Lipinski definition) is 4. The lowest BCUT2D eigenvalue weighted by Crippen LogP contribution is -2.44. The predicted octanol–water partition coefficient (Wildman–Crippen LogP) is 2.75. The first-order chi connectivity index (χ1) is 12.1. The number of hydrogen-bond donors (Lipinski definition) is 2. The highest BCUT2D eigenvalue weighted by molar-refractivity contribution is 5.77. The van der Waals surface area contributed by atoms with Crippen molar-refractivity contribution in [2.45, 2.75) is 62.9 Å². The van der Waals surface area contributed by atoms with Crippen molar-refractivity contribution >= 4 is 16.9 Å². The molecule has 2 fully saturated rings. The fourth-order valence-electron chi connectivity index (χ4n) is 4.29. The number of rotatable bonds is 3. The van der Waals surface area contributed by atoms with Crippen molar-refractivity contribution in [2.24, 2.45) is 0 Å². The molecule has 0 spiro atoms. The summed E-state index contributed by atoms with van der Waals surface area (Å²) in [7, 11) is 0. The van der Waals surface area contributed by atoms with E-state index in [1.54, 1.807) is 6.20 Å². The van der Waals surface area contributed by atoms with Crippen LogP contribution in [-0.4, -0.2) is 49.8 Å². The molecular formula is C19H26N4O2. The van der Waals surface area contributed by atoms with Gasteiger partial charge in [0.1, 0.15) is 0 Å². The highest BCUT2D eigenvalue weighted by Crippen LogP contribution is 2.33. The number of piperidine rings is 1. The molecule has 2 N–H and O–H groups in total. The molecule has 0 aromatic carbocycles. The lowest BCUT2D eigenvalue weighted by molar-refractivity contribution is -0.139. The van der Waals surface area contributed by atoms with E-state index in [1.165, 1.54) is 6.42 Å². The van der Waals surface area contributed by atoms with Gasteiger partial charge in [0.15, 0.2) is 5.65 Å². The fraction of sp³-hybridized carbons (Fsp3) is 0.632. The minimum Gasteiger partial charge on any atom is -0.389 e. The Hall–Kier alpha value is -1.95. The van der Waals surface area contributed by atoms with Crippen molar-refractivity contribution in [1.82, 2.24) is 20.1 Å². The lowest BCUT2D eigenvalue weighted by Gasteiger charge is -2.37. The second-order valence-electron chi connectivity index (χ2n) is 7.68. The molecule has 0 unspecified atom stereocenters. The van der Waals surface area contributed by atoms with Crippen LogP contribution in [0.2, 0.25) is 0 Å². The van der Waals surface area contributed by atoms with Crippen LogP contribution < -0.4 is 0 Å². The Morgan fingerprint density at radius 2 is 2.12 bits per heavy atom. The van der Waals surface area contributed by atoms with Crippen LogP contribution in [0.15, 0.2) is 18.3 Å². The molecule has 134 valence electrons. The van der Waals surface area contributed by atoms with Crippen LogP contribution >= 0.6 is 0 Å². The van der Waals surface area contributed by atoms with Crippen LogP contribution in [0.4, 0.5) is 0 Å². The van der Waals surface area contributed by atoms with Gasteiger partial charge in [-0.15, -0.1) is 0 Å². The third-order valence-electron chi connectivity index (χ3n) is 5.78. The molecule has 1 saturated heterocycles. The molecule has 6 heteroatoms. The normalized spacial score (nSPS) is 23.7. The molecule has 6 nitrogen and oxygen atoms in total. The molecule has 25 heavy (non-hydrogen) atoms. The maximum Gasteiger partial charge on any atom is 0.225 e. The number of pyridine rings is 1. The summed E-state index contributed by atoms with van der Waals surface area (Å²) in [5.41, 5.74) is 1.04. The molecule has 1 saturated carbocycles. The van der Waals surface area contributed by atoms with Crippen LogP contribution in [0.5, 0.6) is 0 Å². The van der Waals surface area contributed by atoms with E-state index in [1.807, 2.05) is 17.0 Å². The fourth-order valence-corrected chi connectivity index (χ4v) is 4.29. The summed E-state index contributed by atoms with van der Waals surface area (Å²) in [6, 6.07) is 4.08. The van der Waals surface area contributed by atoms with Gasteiger partial charge in [-0.25, -0.2) is 4.98 Å². The molecule has 1 aliphatic heterocycles. The van der Waals surface area contributed by atoms with E-state index in [0.717, 1.165) is 61.8 Å². The quantitative estimate of drug-likeness (QED) is 0.898. The molecule has 1 aliphatic carbocycles. The minimum atomic E-state index is -0.782. The Morgan fingerprint density at radius 3 is 2.96 bits per heavy atom. The summed E-state index contributed by atoms with van der Waals surface area (Å²) in [6.45, 7) is 1.49. The first-order valence-corrected chi connectivity index (χ1v) is 9.43. The number of carbonyl (C=O) groups is 1. The van der Waals surface area contributed by atoms with Crippen molar-refractivity contribution in [1.29, 1.82) is 0 Å². The molecular weight excluding hydrogens is 316 g/mol. The average Bonchev–Trinajstić information content (AvgIpc) is 3.10. The first kappa shape index (κ1) is 16.5. The van der Waals surface area contributed by atoms with E-state index in [2.05, 4.69) is 15.2 Å². The molecule has 2 aromatic heterocycles. The van der Waals surface area contributed by atoms with Gasteiger partial charge in [-0.1, -0.05) is 19.3 Å². The summed E-state index contributed by atoms with van der Waals surface area (Å²) < 4.78 is 0. The SMILES string of the molecule is O=C(CC1(O)CCCCC1)N1CCC[C@H](c2ccc3cn[nH]c3n2)C1.